The SMILES string of the molecule is COCOc1ccc(C(F)F)c2cccnc12. The minimum absolute atomic E-state index is 0.0436. The van der Waals surface area contributed by atoms with Crippen molar-refractivity contribution in [2.24, 2.45) is 0 Å². The maximum atomic E-state index is 12.8. The minimum Gasteiger partial charge on any atom is -0.465 e. The first-order valence-electron chi connectivity index (χ1n) is 5.01. The van der Waals surface area contributed by atoms with Gasteiger partial charge >= 0.3 is 0 Å². The molecular weight excluding hydrogens is 228 g/mol. The molecule has 0 radical (unpaired) electrons. The molecule has 1 heterocycles. The maximum absolute atomic E-state index is 12.8. The zero-order valence-electron chi connectivity index (χ0n) is 9.19. The number of methoxy groups -OCH3 is 1. The number of fused-ring (bicyclic) bond motifs is 1. The van der Waals surface area contributed by atoms with Crippen LogP contribution >= 0.6 is 0 Å². The molecule has 90 valence electrons. The smallest absolute Gasteiger partial charge is 0.264 e. The van der Waals surface area contributed by atoms with Gasteiger partial charge in [-0.15, -0.1) is 0 Å². The average Bonchev–Trinajstić information content (AvgIpc) is 2.35. The molecule has 0 saturated heterocycles. The molecule has 0 N–H and O–H groups in total. The van der Waals surface area contributed by atoms with E-state index in [0.29, 0.717) is 16.7 Å². The first kappa shape index (κ1) is 11.7. The molecule has 1 aromatic carbocycles. The topological polar surface area (TPSA) is 31.4 Å². The fourth-order valence-corrected chi connectivity index (χ4v) is 1.60. The van der Waals surface area contributed by atoms with Crippen LogP contribution in [0, 0.1) is 0 Å². The monoisotopic (exact) mass is 239 g/mol. The molecule has 17 heavy (non-hydrogen) atoms. The molecule has 3 nitrogen and oxygen atoms in total. The molecule has 0 fully saturated rings. The van der Waals surface area contributed by atoms with Gasteiger partial charge in [-0.05, 0) is 18.2 Å². The lowest BCUT2D eigenvalue weighted by Crippen LogP contribution is -2.01. The summed E-state index contributed by atoms with van der Waals surface area (Å²) in [5, 5.41) is 0.399. The minimum atomic E-state index is -2.53. The third-order valence-electron chi connectivity index (χ3n) is 2.33. The van der Waals surface area contributed by atoms with Crippen molar-refractivity contribution >= 4 is 10.9 Å². The Morgan fingerprint density at radius 1 is 1.29 bits per heavy atom. The van der Waals surface area contributed by atoms with Crippen molar-refractivity contribution < 1.29 is 18.3 Å². The first-order chi connectivity index (χ1) is 8.24. The summed E-state index contributed by atoms with van der Waals surface area (Å²) in [4.78, 5) is 4.06. The van der Waals surface area contributed by atoms with Crippen LogP contribution in [0.15, 0.2) is 30.5 Å². The van der Waals surface area contributed by atoms with Crippen molar-refractivity contribution in [2.45, 2.75) is 6.43 Å². The molecule has 0 aliphatic rings. The summed E-state index contributed by atoms with van der Waals surface area (Å²) in [6.45, 7) is 0.0553. The third-order valence-corrected chi connectivity index (χ3v) is 2.33. The highest BCUT2D eigenvalue weighted by molar-refractivity contribution is 5.87. The second-order valence-corrected chi connectivity index (χ2v) is 3.40. The largest absolute Gasteiger partial charge is 0.465 e. The van der Waals surface area contributed by atoms with Gasteiger partial charge in [0.25, 0.3) is 6.43 Å². The number of hydrogen-bond acceptors (Lipinski definition) is 3. The summed E-state index contributed by atoms with van der Waals surface area (Å²) in [6, 6.07) is 6.05. The normalized spacial score (nSPS) is 11.1. The third kappa shape index (κ3) is 2.34. The fourth-order valence-electron chi connectivity index (χ4n) is 1.60. The van der Waals surface area contributed by atoms with Crippen molar-refractivity contribution in [2.75, 3.05) is 13.9 Å². The summed E-state index contributed by atoms with van der Waals surface area (Å²) in [7, 11) is 1.49. The van der Waals surface area contributed by atoms with Crippen LogP contribution in [0.1, 0.15) is 12.0 Å². The molecule has 2 rings (SSSR count). The summed E-state index contributed by atoms with van der Waals surface area (Å²) in [5.74, 6) is 0.437. The quantitative estimate of drug-likeness (QED) is 0.768. The van der Waals surface area contributed by atoms with Crippen LogP contribution < -0.4 is 4.74 Å². The van der Waals surface area contributed by atoms with Crippen LogP contribution in [0.2, 0.25) is 0 Å². The predicted molar refractivity (Wildman–Crippen MR) is 59.2 cm³/mol. The van der Waals surface area contributed by atoms with E-state index in [-0.39, 0.29) is 12.4 Å². The number of ether oxygens (including phenoxy) is 2. The maximum Gasteiger partial charge on any atom is 0.264 e. The summed E-state index contributed by atoms with van der Waals surface area (Å²) in [6.07, 6.45) is -0.991. The van der Waals surface area contributed by atoms with Crippen LogP contribution in [-0.4, -0.2) is 18.9 Å². The standard InChI is InChI=1S/C12H11F2NO2/c1-16-7-17-10-5-4-9(12(13)14)8-3-2-6-15-11(8)10/h2-6,12H,7H2,1H3. The van der Waals surface area contributed by atoms with Gasteiger partial charge in [0, 0.05) is 24.3 Å². The van der Waals surface area contributed by atoms with E-state index in [1.165, 1.54) is 25.4 Å². The molecule has 0 saturated carbocycles. The predicted octanol–water partition coefficient (Wildman–Crippen LogP) is 3.16. The zero-order chi connectivity index (χ0) is 12.3. The van der Waals surface area contributed by atoms with E-state index in [9.17, 15) is 8.78 Å². The number of benzene rings is 1. The number of rotatable bonds is 4. The molecule has 0 spiro atoms. The molecule has 1 aromatic heterocycles. The summed E-state index contributed by atoms with van der Waals surface area (Å²) < 4.78 is 35.6. The van der Waals surface area contributed by atoms with Crippen molar-refractivity contribution in [1.82, 2.24) is 4.98 Å². The van der Waals surface area contributed by atoms with Crippen LogP contribution in [-0.2, 0) is 4.74 Å². The molecule has 0 aliphatic heterocycles. The molecular formula is C12H11F2NO2. The molecule has 0 atom stereocenters. The van der Waals surface area contributed by atoms with E-state index in [4.69, 9.17) is 9.47 Å². The van der Waals surface area contributed by atoms with Gasteiger partial charge in [-0.3, -0.25) is 4.98 Å². The zero-order valence-corrected chi connectivity index (χ0v) is 9.19. The molecule has 0 amide bonds. The Morgan fingerprint density at radius 3 is 2.82 bits per heavy atom. The molecule has 5 heteroatoms. The van der Waals surface area contributed by atoms with Crippen molar-refractivity contribution in [3.05, 3.63) is 36.0 Å². The Bertz CT molecular complexity index is 517. The van der Waals surface area contributed by atoms with E-state index in [0.717, 1.165) is 0 Å². The van der Waals surface area contributed by atoms with Crippen molar-refractivity contribution in [3.63, 3.8) is 0 Å². The number of alkyl halides is 2. The fraction of sp³-hybridized carbons (Fsp3) is 0.250. The van der Waals surface area contributed by atoms with E-state index >= 15 is 0 Å². The number of pyridine rings is 1. The van der Waals surface area contributed by atoms with E-state index in [2.05, 4.69) is 4.98 Å². The molecule has 0 aliphatic carbocycles. The Morgan fingerprint density at radius 2 is 2.12 bits per heavy atom. The van der Waals surface area contributed by atoms with Gasteiger partial charge in [0.05, 0.1) is 0 Å². The Hall–Kier alpha value is -1.75. The lowest BCUT2D eigenvalue weighted by Gasteiger charge is -2.10. The van der Waals surface area contributed by atoms with Gasteiger partial charge in [-0.25, -0.2) is 8.78 Å². The highest BCUT2D eigenvalue weighted by Gasteiger charge is 2.14. The second kappa shape index (κ2) is 5.05. The average molecular weight is 239 g/mol. The number of nitrogens with zero attached hydrogens (tertiary/aromatic N) is 1. The first-order valence-corrected chi connectivity index (χ1v) is 5.01. The molecule has 2 aromatic rings. The van der Waals surface area contributed by atoms with E-state index in [1.54, 1.807) is 12.1 Å². The van der Waals surface area contributed by atoms with E-state index in [1.807, 2.05) is 0 Å². The summed E-state index contributed by atoms with van der Waals surface area (Å²) in [5.41, 5.74) is 0.375. The Kier molecular flexibility index (Phi) is 3.49. The lowest BCUT2D eigenvalue weighted by atomic mass is 10.1. The van der Waals surface area contributed by atoms with Crippen LogP contribution in [0.25, 0.3) is 10.9 Å². The highest BCUT2D eigenvalue weighted by Crippen LogP contribution is 2.32. The van der Waals surface area contributed by atoms with E-state index < -0.39 is 6.43 Å². The van der Waals surface area contributed by atoms with Gasteiger partial charge in [-0.2, -0.15) is 0 Å². The van der Waals surface area contributed by atoms with Crippen LogP contribution in [0.5, 0.6) is 5.75 Å². The lowest BCUT2D eigenvalue weighted by molar-refractivity contribution is 0.0520. The number of aromatic nitrogens is 1. The van der Waals surface area contributed by atoms with Crippen LogP contribution in [0.3, 0.4) is 0 Å². The summed E-state index contributed by atoms with van der Waals surface area (Å²) >= 11 is 0. The molecule has 0 unspecified atom stereocenters. The second-order valence-electron chi connectivity index (χ2n) is 3.40. The van der Waals surface area contributed by atoms with Gasteiger partial charge < -0.3 is 9.47 Å². The molecule has 0 bridgehead atoms. The van der Waals surface area contributed by atoms with Gasteiger partial charge in [-0.1, -0.05) is 6.07 Å². The van der Waals surface area contributed by atoms with Crippen molar-refractivity contribution in [3.8, 4) is 5.75 Å². The highest BCUT2D eigenvalue weighted by atomic mass is 19.3. The Balaban J connectivity index is 2.54. The van der Waals surface area contributed by atoms with Gasteiger partial charge in [0.1, 0.15) is 11.3 Å². The van der Waals surface area contributed by atoms with Crippen molar-refractivity contribution in [1.29, 1.82) is 0 Å². The number of hydrogen-bond donors (Lipinski definition) is 0. The Labute approximate surface area is 97.0 Å². The van der Waals surface area contributed by atoms with Gasteiger partial charge in [0.2, 0.25) is 0 Å². The number of halogens is 2. The van der Waals surface area contributed by atoms with Gasteiger partial charge in [0.15, 0.2) is 6.79 Å². The van der Waals surface area contributed by atoms with Crippen LogP contribution in [0.4, 0.5) is 8.78 Å².